The molecule has 0 bridgehead atoms. The normalized spacial score (nSPS) is 10.5. The van der Waals surface area contributed by atoms with E-state index in [1.165, 1.54) is 0 Å². The first-order valence-corrected chi connectivity index (χ1v) is 6.42. The van der Waals surface area contributed by atoms with Crippen molar-refractivity contribution in [3.05, 3.63) is 17.6 Å². The third-order valence-electron chi connectivity index (χ3n) is 1.58. The third-order valence-corrected chi connectivity index (χ3v) is 4.49. The highest BCUT2D eigenvalue weighted by molar-refractivity contribution is 7.66. The van der Waals surface area contributed by atoms with Gasteiger partial charge in [0.2, 0.25) is 0 Å². The highest BCUT2D eigenvalue weighted by atomic mass is 35.5. The SMILES string of the molecule is CCP(=O)(C=C=CCCl)CC. The van der Waals surface area contributed by atoms with Crippen LogP contribution in [0.4, 0.5) is 0 Å². The summed E-state index contributed by atoms with van der Waals surface area (Å²) in [6.45, 7) is 3.87. The molecule has 0 heterocycles. The number of hydrogen-bond acceptors (Lipinski definition) is 1. The standard InChI is InChI=1S/C8H14ClOP/c1-3-11(10,4-2)8-6-5-7-9/h5,8H,3-4,7H2,1-2H3. The molecule has 3 heteroatoms. The second-order valence-corrected chi connectivity index (χ2v) is 5.98. The summed E-state index contributed by atoms with van der Waals surface area (Å²) in [7, 11) is -2.04. The summed E-state index contributed by atoms with van der Waals surface area (Å²) in [5.74, 6) is 2.11. The third kappa shape index (κ3) is 4.48. The van der Waals surface area contributed by atoms with Crippen LogP contribution >= 0.6 is 18.7 Å². The number of halogens is 1. The van der Waals surface area contributed by atoms with E-state index < -0.39 is 7.14 Å². The maximum absolute atomic E-state index is 11.6. The molecule has 0 rings (SSSR count). The van der Waals surface area contributed by atoms with Gasteiger partial charge in [-0.1, -0.05) is 13.8 Å². The summed E-state index contributed by atoms with van der Waals surface area (Å²) in [5, 5.41) is 0. The van der Waals surface area contributed by atoms with E-state index >= 15 is 0 Å². The van der Waals surface area contributed by atoms with Gasteiger partial charge < -0.3 is 4.57 Å². The summed E-state index contributed by atoms with van der Waals surface area (Å²) in [6.07, 6.45) is 3.11. The zero-order valence-electron chi connectivity index (χ0n) is 7.01. The van der Waals surface area contributed by atoms with Crippen molar-refractivity contribution < 1.29 is 4.57 Å². The molecule has 0 radical (unpaired) electrons. The Hall–Kier alpha value is 0.0400. The highest BCUT2D eigenvalue weighted by Gasteiger charge is 2.10. The van der Waals surface area contributed by atoms with Crippen LogP contribution in [-0.4, -0.2) is 18.2 Å². The molecule has 11 heavy (non-hydrogen) atoms. The van der Waals surface area contributed by atoms with E-state index in [1.54, 1.807) is 11.9 Å². The van der Waals surface area contributed by atoms with E-state index in [2.05, 4.69) is 5.73 Å². The van der Waals surface area contributed by atoms with Crippen LogP contribution in [0.1, 0.15) is 13.8 Å². The van der Waals surface area contributed by atoms with Crippen LogP contribution < -0.4 is 0 Å². The van der Waals surface area contributed by atoms with E-state index in [0.29, 0.717) is 18.2 Å². The predicted molar refractivity (Wildman–Crippen MR) is 52.1 cm³/mol. The molecule has 0 atom stereocenters. The van der Waals surface area contributed by atoms with Gasteiger partial charge in [-0.2, -0.15) is 0 Å². The van der Waals surface area contributed by atoms with Crippen LogP contribution in [0.3, 0.4) is 0 Å². The Kier molecular flexibility index (Phi) is 5.68. The molecule has 0 spiro atoms. The first-order chi connectivity index (χ1) is 5.18. The van der Waals surface area contributed by atoms with Crippen molar-refractivity contribution in [1.82, 2.24) is 0 Å². The minimum Gasteiger partial charge on any atom is -0.319 e. The molecule has 0 saturated heterocycles. The molecule has 0 N–H and O–H groups in total. The Morgan fingerprint density at radius 2 is 2.00 bits per heavy atom. The molecule has 64 valence electrons. The second-order valence-electron chi connectivity index (χ2n) is 2.24. The van der Waals surface area contributed by atoms with Gasteiger partial charge in [0, 0.05) is 24.0 Å². The van der Waals surface area contributed by atoms with Gasteiger partial charge in [-0.05, 0) is 6.08 Å². The molecular weight excluding hydrogens is 179 g/mol. The molecule has 0 fully saturated rings. The van der Waals surface area contributed by atoms with Crippen LogP contribution in [-0.2, 0) is 4.57 Å². The van der Waals surface area contributed by atoms with Crippen molar-refractivity contribution in [2.45, 2.75) is 13.8 Å². The van der Waals surface area contributed by atoms with Crippen molar-refractivity contribution in [3.8, 4) is 0 Å². The van der Waals surface area contributed by atoms with Gasteiger partial charge in [0.25, 0.3) is 0 Å². The molecule has 0 unspecified atom stereocenters. The smallest absolute Gasteiger partial charge is 0.115 e. The zero-order chi connectivity index (χ0) is 8.74. The number of hydrogen-bond donors (Lipinski definition) is 0. The fraction of sp³-hybridized carbons (Fsp3) is 0.625. The van der Waals surface area contributed by atoms with Crippen molar-refractivity contribution >= 4 is 18.7 Å². The van der Waals surface area contributed by atoms with Crippen LogP contribution in [0.2, 0.25) is 0 Å². The lowest BCUT2D eigenvalue weighted by Gasteiger charge is -2.04. The van der Waals surface area contributed by atoms with Gasteiger partial charge >= 0.3 is 0 Å². The summed E-state index contributed by atoms with van der Waals surface area (Å²) >= 11 is 5.39. The Bertz CT molecular complexity index is 196. The average molecular weight is 193 g/mol. The lowest BCUT2D eigenvalue weighted by molar-refractivity contribution is 0.582. The lowest BCUT2D eigenvalue weighted by atomic mass is 10.7. The molecule has 0 aromatic heterocycles. The number of allylic oxidation sites excluding steroid dienone is 1. The Morgan fingerprint density at radius 1 is 1.45 bits per heavy atom. The van der Waals surface area contributed by atoms with Gasteiger partial charge in [0.1, 0.15) is 7.14 Å². The molecule has 1 nitrogen and oxygen atoms in total. The van der Waals surface area contributed by atoms with Crippen molar-refractivity contribution in [2.24, 2.45) is 0 Å². The molecule has 0 saturated carbocycles. The van der Waals surface area contributed by atoms with Gasteiger partial charge in [-0.15, -0.1) is 17.3 Å². The van der Waals surface area contributed by atoms with Gasteiger partial charge in [-0.25, -0.2) is 0 Å². The fourth-order valence-corrected chi connectivity index (χ4v) is 1.92. The van der Waals surface area contributed by atoms with E-state index in [0.717, 1.165) is 0 Å². The van der Waals surface area contributed by atoms with Crippen LogP contribution in [0, 0.1) is 0 Å². The van der Waals surface area contributed by atoms with Gasteiger partial charge in [0.15, 0.2) is 0 Å². The largest absolute Gasteiger partial charge is 0.319 e. The quantitative estimate of drug-likeness (QED) is 0.380. The molecule has 0 aliphatic carbocycles. The first-order valence-electron chi connectivity index (χ1n) is 3.74. The van der Waals surface area contributed by atoms with E-state index in [4.69, 9.17) is 11.6 Å². The maximum atomic E-state index is 11.6. The Balaban J connectivity index is 4.31. The number of rotatable bonds is 4. The summed E-state index contributed by atoms with van der Waals surface area (Å²) in [5.41, 5.74) is 2.83. The van der Waals surface area contributed by atoms with E-state index in [-0.39, 0.29) is 0 Å². The van der Waals surface area contributed by atoms with Gasteiger partial charge in [0.05, 0.1) is 0 Å². The molecule has 0 aromatic carbocycles. The highest BCUT2D eigenvalue weighted by Crippen LogP contribution is 2.45. The first kappa shape index (κ1) is 11.0. The fourth-order valence-electron chi connectivity index (χ4n) is 0.639. The zero-order valence-corrected chi connectivity index (χ0v) is 8.66. The monoisotopic (exact) mass is 192 g/mol. The number of alkyl halides is 1. The minimum atomic E-state index is -2.04. The summed E-state index contributed by atoms with van der Waals surface area (Å²) in [4.78, 5) is 0. The van der Waals surface area contributed by atoms with Crippen molar-refractivity contribution in [3.63, 3.8) is 0 Å². The minimum absolute atomic E-state index is 0.434. The summed E-state index contributed by atoms with van der Waals surface area (Å²) < 4.78 is 11.6. The van der Waals surface area contributed by atoms with Crippen LogP contribution in [0.15, 0.2) is 17.6 Å². The topological polar surface area (TPSA) is 17.1 Å². The maximum Gasteiger partial charge on any atom is 0.115 e. The molecule has 0 aliphatic heterocycles. The Morgan fingerprint density at radius 3 is 2.36 bits per heavy atom. The van der Waals surface area contributed by atoms with Gasteiger partial charge in [-0.3, -0.25) is 0 Å². The molecule has 0 amide bonds. The average Bonchev–Trinajstić information content (AvgIpc) is 2.05. The summed E-state index contributed by atoms with van der Waals surface area (Å²) in [6, 6.07) is 0. The van der Waals surface area contributed by atoms with Crippen molar-refractivity contribution in [1.29, 1.82) is 0 Å². The lowest BCUT2D eigenvalue weighted by Crippen LogP contribution is -1.83. The predicted octanol–water partition coefficient (Wildman–Crippen LogP) is 3.30. The molecule has 0 aromatic rings. The second kappa shape index (κ2) is 5.66. The molecule has 0 aliphatic rings. The molecular formula is C8H14ClOP. The van der Waals surface area contributed by atoms with E-state index in [9.17, 15) is 4.57 Å². The van der Waals surface area contributed by atoms with Crippen LogP contribution in [0.5, 0.6) is 0 Å². The van der Waals surface area contributed by atoms with Crippen LogP contribution in [0.25, 0.3) is 0 Å². The van der Waals surface area contributed by atoms with E-state index in [1.807, 2.05) is 13.8 Å². The van der Waals surface area contributed by atoms with Crippen molar-refractivity contribution in [2.75, 3.05) is 18.2 Å². The Labute approximate surface area is 73.5 Å².